The van der Waals surface area contributed by atoms with Crippen molar-refractivity contribution in [1.82, 2.24) is 9.63 Å². The van der Waals surface area contributed by atoms with Crippen molar-refractivity contribution in [2.24, 2.45) is 12.5 Å². The maximum absolute atomic E-state index is 13.8. The molecular formula is C34H42N3O6S4. The Morgan fingerprint density at radius 2 is 1.45 bits per heavy atom. The summed E-state index contributed by atoms with van der Waals surface area (Å²) in [5, 5.41) is 28.5. The molecule has 0 aliphatic carbocycles. The third-order valence-corrected chi connectivity index (χ3v) is 15.0. The largest absolute Gasteiger partial charge is 0.714 e. The van der Waals surface area contributed by atoms with Crippen LogP contribution in [-0.4, -0.2) is 65.0 Å². The molecule has 0 fully saturated rings. The molecule has 0 N–H and O–H groups in total. The van der Waals surface area contributed by atoms with Crippen LogP contribution in [0.5, 0.6) is 23.0 Å². The summed E-state index contributed by atoms with van der Waals surface area (Å²) >= 11 is 6.36. The van der Waals surface area contributed by atoms with Crippen LogP contribution in [0.4, 0.5) is 0 Å². The molecular weight excluding hydrogens is 675 g/mol. The van der Waals surface area contributed by atoms with Gasteiger partial charge in [0.2, 0.25) is 0 Å². The summed E-state index contributed by atoms with van der Waals surface area (Å²) in [6.45, 7) is 12.4. The molecule has 13 heteroatoms. The lowest BCUT2D eigenvalue weighted by molar-refractivity contribution is -0.539. The average molecular weight is 717 g/mol. The second-order valence-electron chi connectivity index (χ2n) is 13.1. The molecule has 6 rings (SSSR count). The van der Waals surface area contributed by atoms with Crippen molar-refractivity contribution in [1.29, 1.82) is 0 Å². The van der Waals surface area contributed by atoms with Crippen molar-refractivity contribution in [3.05, 3.63) is 34.3 Å². The number of ether oxygens (including phenoxy) is 4. The first-order chi connectivity index (χ1) is 22.3. The smallest absolute Gasteiger partial charge is 0.330 e. The van der Waals surface area contributed by atoms with Crippen LogP contribution < -0.4 is 18.9 Å². The predicted molar refractivity (Wildman–Crippen MR) is 193 cm³/mol. The highest BCUT2D eigenvalue weighted by atomic mass is 32.2. The topological polar surface area (TPSA) is 91.1 Å². The van der Waals surface area contributed by atoms with Crippen LogP contribution in [0.1, 0.15) is 59.3 Å². The Kier molecular flexibility index (Phi) is 8.87. The lowest BCUT2D eigenvalue weighted by Crippen LogP contribution is -2.53. The number of fused-ring (bicyclic) bond motifs is 1. The number of hydrogen-bond acceptors (Lipinski definition) is 10. The molecule has 4 aromatic rings. The zero-order valence-corrected chi connectivity index (χ0v) is 31.8. The molecule has 2 aliphatic heterocycles. The summed E-state index contributed by atoms with van der Waals surface area (Å²) < 4.78 is 29.1. The van der Waals surface area contributed by atoms with Gasteiger partial charge in [-0.3, -0.25) is 4.74 Å². The van der Waals surface area contributed by atoms with E-state index in [1.54, 1.807) is 76.4 Å². The van der Waals surface area contributed by atoms with Gasteiger partial charge in [-0.15, -0.1) is 45.8 Å². The molecule has 0 bridgehead atoms. The van der Waals surface area contributed by atoms with Crippen LogP contribution in [0, 0.1) is 10.6 Å². The molecule has 2 aliphatic rings. The van der Waals surface area contributed by atoms with E-state index >= 15 is 0 Å². The standard InChI is InChI=1S/C34H42N3O6S4/c1-11-34(12-2)17-42-25-26(43-18-34)30(31-36(38)32(3,4)33(5,6)37(31)39)47-29(25)23-15-21(40-8)27(45-23)19-13-14-20(35(19)7)28-22(41-9)16-24(44-10)46-28/h13-16H,11-12,17-18H2,1-10H3. The van der Waals surface area contributed by atoms with E-state index in [1.165, 1.54) is 15.5 Å². The molecule has 0 amide bonds. The van der Waals surface area contributed by atoms with Gasteiger partial charge >= 0.3 is 5.84 Å². The van der Waals surface area contributed by atoms with Crippen LogP contribution in [0.2, 0.25) is 0 Å². The minimum Gasteiger partial charge on any atom is -0.714 e. The number of rotatable bonds is 9. The van der Waals surface area contributed by atoms with E-state index < -0.39 is 11.1 Å². The van der Waals surface area contributed by atoms with Crippen molar-refractivity contribution in [2.75, 3.05) is 33.7 Å². The molecule has 9 nitrogen and oxygen atoms in total. The van der Waals surface area contributed by atoms with Crippen molar-refractivity contribution < 1.29 is 28.9 Å². The number of hydrogen-bond donors (Lipinski definition) is 0. The van der Waals surface area contributed by atoms with E-state index in [9.17, 15) is 10.4 Å². The maximum atomic E-state index is 13.8. The monoisotopic (exact) mass is 716 g/mol. The van der Waals surface area contributed by atoms with Crippen LogP contribution in [0.25, 0.3) is 30.9 Å². The molecule has 0 spiro atoms. The average Bonchev–Trinajstić information content (AvgIpc) is 3.84. The highest BCUT2D eigenvalue weighted by Gasteiger charge is 2.61. The van der Waals surface area contributed by atoms with E-state index in [1.807, 2.05) is 6.07 Å². The molecule has 0 unspecified atom stereocenters. The van der Waals surface area contributed by atoms with Crippen LogP contribution in [0.15, 0.2) is 28.5 Å². The van der Waals surface area contributed by atoms with Gasteiger partial charge in [0.1, 0.15) is 17.0 Å². The number of aromatic nitrogens is 1. The van der Waals surface area contributed by atoms with Gasteiger partial charge in [-0.1, -0.05) is 18.9 Å². The Bertz CT molecular complexity index is 1840. The number of methoxy groups -OCH3 is 2. The van der Waals surface area contributed by atoms with Crippen LogP contribution in [-0.2, 0) is 12.3 Å². The third-order valence-electron chi connectivity index (χ3n) is 10.3. The third kappa shape index (κ3) is 5.15. The first kappa shape index (κ1) is 34.0. The minimum atomic E-state index is -0.964. The van der Waals surface area contributed by atoms with Gasteiger partial charge in [0.05, 0.1) is 62.5 Å². The summed E-state index contributed by atoms with van der Waals surface area (Å²) in [4.78, 5) is 4.23. The lowest BCUT2D eigenvalue weighted by atomic mass is 9.84. The van der Waals surface area contributed by atoms with E-state index in [0.29, 0.717) is 29.6 Å². The molecule has 4 aromatic heterocycles. The molecule has 1 radical (unpaired) electrons. The Hall–Kier alpha value is -2.84. The predicted octanol–water partition coefficient (Wildman–Crippen LogP) is 9.00. The first-order valence-electron chi connectivity index (χ1n) is 15.6. The first-order valence-corrected chi connectivity index (χ1v) is 19.3. The quantitative estimate of drug-likeness (QED) is 0.0970. The normalized spacial score (nSPS) is 18.1. The molecule has 47 heavy (non-hydrogen) atoms. The number of thioether (sulfide) groups is 1. The van der Waals surface area contributed by atoms with Gasteiger partial charge in [0.25, 0.3) is 0 Å². The van der Waals surface area contributed by atoms with Crippen molar-refractivity contribution in [3.63, 3.8) is 0 Å². The van der Waals surface area contributed by atoms with Gasteiger partial charge in [-0.2, -0.15) is 0 Å². The summed E-state index contributed by atoms with van der Waals surface area (Å²) in [6, 6.07) is 8.30. The summed E-state index contributed by atoms with van der Waals surface area (Å²) in [5.41, 5.74) is -0.0681. The highest BCUT2D eigenvalue weighted by Crippen LogP contribution is 2.56. The SMILES string of the molecule is CCC1(CC)COc2c(C3=[N+]([O-])C(C)(C)C(C)(C)N3[O])sc(-c3cc(OC)c(-c4ccc(-c5sc(SC)cc5OC)n4C)s3)c2OC1. The van der Waals surface area contributed by atoms with Gasteiger partial charge in [-0.05, 0) is 58.9 Å². The Labute approximate surface area is 292 Å². The van der Waals surface area contributed by atoms with Crippen LogP contribution >= 0.6 is 45.8 Å². The van der Waals surface area contributed by atoms with Gasteiger partial charge < -0.3 is 28.7 Å². The molecule has 0 aromatic carbocycles. The molecule has 253 valence electrons. The Morgan fingerprint density at radius 1 is 0.894 bits per heavy atom. The zero-order chi connectivity index (χ0) is 34.1. The second kappa shape index (κ2) is 12.2. The summed E-state index contributed by atoms with van der Waals surface area (Å²) in [5.74, 6) is 2.66. The van der Waals surface area contributed by atoms with E-state index in [-0.39, 0.29) is 11.3 Å². The zero-order valence-electron chi connectivity index (χ0n) is 28.6. The molecule has 6 heterocycles. The Morgan fingerprint density at radius 3 is 1.96 bits per heavy atom. The van der Waals surface area contributed by atoms with Crippen molar-refractivity contribution in [3.8, 4) is 53.9 Å². The second-order valence-corrected chi connectivity index (χ2v) is 17.3. The lowest BCUT2D eigenvalue weighted by Gasteiger charge is -2.32. The molecule has 0 atom stereocenters. The van der Waals surface area contributed by atoms with Gasteiger partial charge in [0.15, 0.2) is 21.9 Å². The van der Waals surface area contributed by atoms with E-state index in [4.69, 9.17) is 18.9 Å². The minimum absolute atomic E-state index is 0.0573. The van der Waals surface area contributed by atoms with Crippen molar-refractivity contribution in [2.45, 2.75) is 69.7 Å². The fraction of sp³-hybridized carbons (Fsp3) is 0.500. The Balaban J connectivity index is 1.50. The summed E-state index contributed by atoms with van der Waals surface area (Å²) in [6.07, 6.45) is 3.82. The molecule has 0 saturated heterocycles. The van der Waals surface area contributed by atoms with E-state index in [2.05, 4.69) is 49.9 Å². The highest BCUT2D eigenvalue weighted by molar-refractivity contribution is 8.00. The van der Waals surface area contributed by atoms with E-state index in [0.717, 1.165) is 65.0 Å². The van der Waals surface area contributed by atoms with Crippen LogP contribution in [0.3, 0.4) is 0 Å². The number of thiophene rings is 3. The number of nitrogens with zero attached hydrogens (tertiary/aromatic N) is 3. The fourth-order valence-corrected chi connectivity index (χ4v) is 10.2. The van der Waals surface area contributed by atoms with Gasteiger partial charge in [0, 0.05) is 29.8 Å². The van der Waals surface area contributed by atoms with Crippen molar-refractivity contribution >= 4 is 51.6 Å². The maximum Gasteiger partial charge on any atom is 0.330 e. The summed E-state index contributed by atoms with van der Waals surface area (Å²) in [7, 11) is 5.42. The molecule has 0 saturated carbocycles. The van der Waals surface area contributed by atoms with Gasteiger partial charge in [-0.25, -0.2) is 0 Å². The number of amidine groups is 1. The fourth-order valence-electron chi connectivity index (χ4n) is 5.98. The number of hydroxylamine groups is 3.